The van der Waals surface area contributed by atoms with Gasteiger partial charge in [-0.1, -0.05) is 72.8 Å². The molecule has 0 radical (unpaired) electrons. The van der Waals surface area contributed by atoms with Crippen LogP contribution >= 0.6 is 0 Å². The number of esters is 1. The first kappa shape index (κ1) is 19.9. The standard InChI is InChI=1S/C24H27NO3/c1-2-28-24(27)21-16-10-5-11-17-25(18-19-12-6-3-7-13-19)23(26)22(21)20-14-8-4-9-15-20/h3-4,6-10,12-16,21-22H,2,5,11,17-18H2,1H3/b16-10+/t21-,22+/m0/s1. The van der Waals surface area contributed by atoms with Crippen molar-refractivity contribution in [2.24, 2.45) is 5.92 Å². The number of hydrogen-bond donors (Lipinski definition) is 0. The highest BCUT2D eigenvalue weighted by molar-refractivity contribution is 5.90. The Bertz CT molecular complexity index is 801. The van der Waals surface area contributed by atoms with Gasteiger partial charge in [-0.15, -0.1) is 0 Å². The number of benzene rings is 2. The molecular formula is C24H27NO3. The van der Waals surface area contributed by atoms with E-state index < -0.39 is 11.8 Å². The van der Waals surface area contributed by atoms with Crippen LogP contribution < -0.4 is 0 Å². The lowest BCUT2D eigenvalue weighted by Gasteiger charge is -2.30. The number of allylic oxidation sites excluding steroid dienone is 1. The Labute approximate surface area is 166 Å². The monoisotopic (exact) mass is 377 g/mol. The summed E-state index contributed by atoms with van der Waals surface area (Å²) in [6.45, 7) is 3.29. The van der Waals surface area contributed by atoms with E-state index >= 15 is 0 Å². The summed E-state index contributed by atoms with van der Waals surface area (Å²) >= 11 is 0. The maximum atomic E-state index is 13.7. The van der Waals surface area contributed by atoms with Crippen LogP contribution in [-0.2, 0) is 20.9 Å². The van der Waals surface area contributed by atoms with Gasteiger partial charge in [0, 0.05) is 13.1 Å². The molecule has 1 aliphatic heterocycles. The fourth-order valence-electron chi connectivity index (χ4n) is 3.64. The Morgan fingerprint density at radius 1 is 1.07 bits per heavy atom. The predicted octanol–water partition coefficient (Wildman–Crippen LogP) is 4.33. The third-order valence-electron chi connectivity index (χ3n) is 5.01. The van der Waals surface area contributed by atoms with Gasteiger partial charge in [0.2, 0.25) is 5.91 Å². The number of nitrogens with zero attached hydrogens (tertiary/aromatic N) is 1. The van der Waals surface area contributed by atoms with Gasteiger partial charge in [-0.25, -0.2) is 0 Å². The summed E-state index contributed by atoms with van der Waals surface area (Å²) in [5, 5.41) is 0. The Hall–Kier alpha value is -2.88. The molecule has 0 fully saturated rings. The van der Waals surface area contributed by atoms with Gasteiger partial charge >= 0.3 is 5.97 Å². The normalized spacial score (nSPS) is 21.3. The Morgan fingerprint density at radius 2 is 1.75 bits per heavy atom. The molecule has 0 spiro atoms. The van der Waals surface area contributed by atoms with E-state index in [1.807, 2.05) is 77.7 Å². The van der Waals surface area contributed by atoms with Crippen LogP contribution in [0.1, 0.15) is 36.8 Å². The smallest absolute Gasteiger partial charge is 0.313 e. The number of hydrogen-bond acceptors (Lipinski definition) is 3. The SMILES string of the molecule is CCOC(=O)[C@H]1/C=C/CCCN(Cc2ccccc2)C(=O)[C@@H]1c1ccccc1. The molecule has 1 amide bonds. The molecule has 2 atom stereocenters. The molecule has 2 aromatic carbocycles. The molecule has 0 saturated carbocycles. The summed E-state index contributed by atoms with van der Waals surface area (Å²) in [4.78, 5) is 28.3. The van der Waals surface area contributed by atoms with E-state index in [1.165, 1.54) is 0 Å². The summed E-state index contributed by atoms with van der Waals surface area (Å²) in [5.74, 6) is -1.58. The van der Waals surface area contributed by atoms with E-state index in [1.54, 1.807) is 6.92 Å². The van der Waals surface area contributed by atoms with Crippen molar-refractivity contribution in [2.45, 2.75) is 32.2 Å². The van der Waals surface area contributed by atoms with E-state index in [-0.39, 0.29) is 11.9 Å². The van der Waals surface area contributed by atoms with Crippen LogP contribution in [0.15, 0.2) is 72.8 Å². The van der Waals surface area contributed by atoms with E-state index in [0.29, 0.717) is 19.7 Å². The molecule has 1 heterocycles. The molecule has 4 nitrogen and oxygen atoms in total. The van der Waals surface area contributed by atoms with Crippen LogP contribution in [-0.4, -0.2) is 29.9 Å². The second kappa shape index (κ2) is 9.88. The second-order valence-electron chi connectivity index (χ2n) is 6.98. The van der Waals surface area contributed by atoms with Crippen molar-refractivity contribution in [1.82, 2.24) is 4.90 Å². The van der Waals surface area contributed by atoms with E-state index in [4.69, 9.17) is 4.74 Å². The largest absolute Gasteiger partial charge is 0.466 e. The summed E-state index contributed by atoms with van der Waals surface area (Å²) in [5.41, 5.74) is 1.93. The van der Waals surface area contributed by atoms with Gasteiger partial charge in [-0.3, -0.25) is 9.59 Å². The van der Waals surface area contributed by atoms with Crippen molar-refractivity contribution in [1.29, 1.82) is 0 Å². The first-order chi connectivity index (χ1) is 13.7. The van der Waals surface area contributed by atoms with Crippen molar-refractivity contribution in [3.05, 3.63) is 83.9 Å². The van der Waals surface area contributed by atoms with Crippen LogP contribution in [0.5, 0.6) is 0 Å². The van der Waals surface area contributed by atoms with E-state index in [2.05, 4.69) is 0 Å². The average Bonchev–Trinajstić information content (AvgIpc) is 2.80. The average molecular weight is 377 g/mol. The van der Waals surface area contributed by atoms with Gasteiger partial charge in [0.1, 0.15) is 0 Å². The molecule has 0 bridgehead atoms. The van der Waals surface area contributed by atoms with Gasteiger partial charge in [0.05, 0.1) is 18.4 Å². The van der Waals surface area contributed by atoms with Crippen molar-refractivity contribution < 1.29 is 14.3 Å². The lowest BCUT2D eigenvalue weighted by Crippen LogP contribution is -2.39. The molecule has 0 unspecified atom stereocenters. The number of ether oxygens (including phenoxy) is 1. The second-order valence-corrected chi connectivity index (χ2v) is 6.98. The summed E-state index contributed by atoms with van der Waals surface area (Å²) in [6.07, 6.45) is 5.57. The fraction of sp³-hybridized carbons (Fsp3) is 0.333. The highest BCUT2D eigenvalue weighted by atomic mass is 16.5. The van der Waals surface area contributed by atoms with Crippen LogP contribution in [0.4, 0.5) is 0 Å². The number of rotatable bonds is 5. The Kier molecular flexibility index (Phi) is 7.01. The zero-order valence-electron chi connectivity index (χ0n) is 16.3. The topological polar surface area (TPSA) is 46.6 Å². The molecule has 0 aromatic heterocycles. The maximum absolute atomic E-state index is 13.7. The number of carbonyl (C=O) groups excluding carboxylic acids is 2. The van der Waals surface area contributed by atoms with E-state index in [9.17, 15) is 9.59 Å². The first-order valence-electron chi connectivity index (χ1n) is 9.91. The van der Waals surface area contributed by atoms with Gasteiger partial charge in [0.15, 0.2) is 0 Å². The van der Waals surface area contributed by atoms with Gasteiger partial charge in [-0.2, -0.15) is 0 Å². The van der Waals surface area contributed by atoms with Crippen LogP contribution in [0.2, 0.25) is 0 Å². The Morgan fingerprint density at radius 3 is 2.43 bits per heavy atom. The van der Waals surface area contributed by atoms with Crippen LogP contribution in [0.25, 0.3) is 0 Å². The van der Waals surface area contributed by atoms with Gasteiger partial charge < -0.3 is 9.64 Å². The summed E-state index contributed by atoms with van der Waals surface area (Å²) in [7, 11) is 0. The van der Waals surface area contributed by atoms with Crippen molar-refractivity contribution in [3.63, 3.8) is 0 Å². The van der Waals surface area contributed by atoms with Gasteiger partial charge in [-0.05, 0) is 30.9 Å². The molecule has 28 heavy (non-hydrogen) atoms. The third-order valence-corrected chi connectivity index (χ3v) is 5.01. The Balaban J connectivity index is 1.98. The molecular weight excluding hydrogens is 350 g/mol. The van der Waals surface area contributed by atoms with Crippen LogP contribution in [0, 0.1) is 5.92 Å². The highest BCUT2D eigenvalue weighted by Gasteiger charge is 2.37. The van der Waals surface area contributed by atoms with Crippen molar-refractivity contribution in [2.75, 3.05) is 13.2 Å². The zero-order valence-corrected chi connectivity index (χ0v) is 16.3. The minimum atomic E-state index is -0.619. The molecule has 0 saturated heterocycles. The lowest BCUT2D eigenvalue weighted by atomic mass is 9.84. The van der Waals surface area contributed by atoms with Gasteiger partial charge in [0.25, 0.3) is 0 Å². The summed E-state index contributed by atoms with van der Waals surface area (Å²) < 4.78 is 5.31. The van der Waals surface area contributed by atoms with Crippen LogP contribution in [0.3, 0.4) is 0 Å². The van der Waals surface area contributed by atoms with Crippen molar-refractivity contribution in [3.8, 4) is 0 Å². The first-order valence-corrected chi connectivity index (χ1v) is 9.91. The quantitative estimate of drug-likeness (QED) is 0.576. The molecule has 3 rings (SSSR count). The maximum Gasteiger partial charge on any atom is 0.313 e. The number of amides is 1. The highest BCUT2D eigenvalue weighted by Crippen LogP contribution is 2.31. The third kappa shape index (κ3) is 4.89. The molecule has 1 aliphatic rings. The molecule has 2 aromatic rings. The molecule has 0 aliphatic carbocycles. The molecule has 0 N–H and O–H groups in total. The van der Waals surface area contributed by atoms with Crippen molar-refractivity contribution >= 4 is 11.9 Å². The fourth-order valence-corrected chi connectivity index (χ4v) is 3.64. The summed E-state index contributed by atoms with van der Waals surface area (Å²) in [6, 6.07) is 19.5. The zero-order chi connectivity index (χ0) is 19.8. The number of carbonyl (C=O) groups is 2. The van der Waals surface area contributed by atoms with E-state index in [0.717, 1.165) is 24.0 Å². The minimum absolute atomic E-state index is 0.0281. The molecule has 146 valence electrons. The minimum Gasteiger partial charge on any atom is -0.466 e. The molecule has 4 heteroatoms. The predicted molar refractivity (Wildman–Crippen MR) is 110 cm³/mol. The lowest BCUT2D eigenvalue weighted by molar-refractivity contribution is -0.150.